The van der Waals surface area contributed by atoms with Gasteiger partial charge in [0.05, 0.1) is 16.4 Å². The molecule has 8 heteroatoms. The Hall–Kier alpha value is -3.29. The molecule has 0 aromatic heterocycles. The van der Waals surface area contributed by atoms with E-state index in [1.165, 1.54) is 0 Å². The third-order valence-electron chi connectivity index (χ3n) is 6.29. The second-order valence-electron chi connectivity index (χ2n) is 8.68. The van der Waals surface area contributed by atoms with E-state index in [9.17, 15) is 14.7 Å². The Morgan fingerprint density at radius 3 is 2.50 bits per heavy atom. The lowest BCUT2D eigenvalue weighted by Crippen LogP contribution is -2.43. The molecule has 7 nitrogen and oxygen atoms in total. The third kappa shape index (κ3) is 4.67. The number of amides is 2. The number of rotatable bonds is 6. The van der Waals surface area contributed by atoms with Gasteiger partial charge in [-0.1, -0.05) is 24.2 Å². The number of anilines is 1. The number of aryl methyl sites for hydroxylation is 1. The largest absolute Gasteiger partial charge is 0.507 e. The number of aldehydes is 1. The van der Waals surface area contributed by atoms with Crippen LogP contribution in [0.25, 0.3) is 16.7 Å². The first kappa shape index (κ1) is 23.9. The molecule has 2 N–H and O–H groups in total. The van der Waals surface area contributed by atoms with Crippen molar-refractivity contribution in [2.75, 3.05) is 51.2 Å². The Bertz CT molecular complexity index is 1170. The van der Waals surface area contributed by atoms with Crippen LogP contribution in [0.5, 0.6) is 5.75 Å². The van der Waals surface area contributed by atoms with Gasteiger partial charge in [0, 0.05) is 57.4 Å². The zero-order valence-corrected chi connectivity index (χ0v) is 20.2. The molecule has 2 heterocycles. The van der Waals surface area contributed by atoms with E-state index in [2.05, 4.69) is 11.9 Å². The van der Waals surface area contributed by atoms with Crippen molar-refractivity contribution in [3.05, 3.63) is 64.8 Å². The SMILES string of the molecule is C=C(/C=C(\C=O)N1CCNCC1)c1cc(C)cc(-c2ccc(N3CCN(C)C3=O)c(Cl)c2)c1O. The molecule has 0 spiro atoms. The standard InChI is InChI=1S/C26H29ClN4O3/c1-17-12-21(18(2)14-20(16-32)30-8-6-28-7-9-30)25(33)22(13-17)19-4-5-24(23(27)15-19)31-11-10-29(3)26(31)34/h4-5,12-16,28,33H,2,6-11H2,1,3H3/b20-14+. The number of hydrogen-bond donors (Lipinski definition) is 2. The van der Waals surface area contributed by atoms with Crippen LogP contribution >= 0.6 is 11.6 Å². The number of carbonyl (C=O) groups excluding carboxylic acids is 2. The lowest BCUT2D eigenvalue weighted by molar-refractivity contribution is -0.106. The highest BCUT2D eigenvalue weighted by Crippen LogP contribution is 2.40. The number of phenols is 1. The first-order chi connectivity index (χ1) is 16.3. The number of likely N-dealkylation sites (N-methyl/N-ethyl adjacent to an activating group) is 1. The molecule has 178 valence electrons. The molecule has 0 aliphatic carbocycles. The minimum atomic E-state index is -0.0890. The lowest BCUT2D eigenvalue weighted by Gasteiger charge is -2.29. The Morgan fingerprint density at radius 2 is 1.88 bits per heavy atom. The van der Waals surface area contributed by atoms with E-state index in [1.54, 1.807) is 35.1 Å². The number of carbonyl (C=O) groups is 2. The Balaban J connectivity index is 1.67. The van der Waals surface area contributed by atoms with E-state index in [-0.39, 0.29) is 11.8 Å². The van der Waals surface area contributed by atoms with Gasteiger partial charge in [-0.15, -0.1) is 0 Å². The molecular formula is C26H29ClN4O3. The molecule has 0 unspecified atom stereocenters. The highest BCUT2D eigenvalue weighted by Gasteiger charge is 2.28. The van der Waals surface area contributed by atoms with Gasteiger partial charge in [-0.05, 0) is 54.0 Å². The van der Waals surface area contributed by atoms with Crippen molar-refractivity contribution >= 4 is 35.2 Å². The van der Waals surface area contributed by atoms with Crippen molar-refractivity contribution in [2.24, 2.45) is 0 Å². The summed E-state index contributed by atoms with van der Waals surface area (Å²) in [7, 11) is 1.76. The summed E-state index contributed by atoms with van der Waals surface area (Å²) in [6, 6.07) is 9.06. The molecule has 2 amide bonds. The van der Waals surface area contributed by atoms with Crippen LogP contribution in [-0.2, 0) is 4.79 Å². The predicted molar refractivity (Wildman–Crippen MR) is 136 cm³/mol. The van der Waals surface area contributed by atoms with Crippen LogP contribution in [0.3, 0.4) is 0 Å². The van der Waals surface area contributed by atoms with Crippen LogP contribution in [0.15, 0.2) is 48.7 Å². The molecule has 2 aliphatic rings. The number of nitrogens with one attached hydrogen (secondary N) is 1. The Kier molecular flexibility index (Phi) is 6.95. The van der Waals surface area contributed by atoms with E-state index < -0.39 is 0 Å². The maximum Gasteiger partial charge on any atom is 0.324 e. The minimum Gasteiger partial charge on any atom is -0.507 e. The fraction of sp³-hybridized carbons (Fsp3) is 0.308. The van der Waals surface area contributed by atoms with E-state index in [0.29, 0.717) is 46.2 Å². The van der Waals surface area contributed by atoms with Gasteiger partial charge >= 0.3 is 6.03 Å². The number of aromatic hydroxyl groups is 1. The van der Waals surface area contributed by atoms with Crippen molar-refractivity contribution in [1.29, 1.82) is 0 Å². The third-order valence-corrected chi connectivity index (χ3v) is 6.59. The molecule has 0 atom stereocenters. The second kappa shape index (κ2) is 9.91. The summed E-state index contributed by atoms with van der Waals surface area (Å²) < 4.78 is 0. The van der Waals surface area contributed by atoms with Gasteiger partial charge in [0.2, 0.25) is 0 Å². The zero-order chi connectivity index (χ0) is 24.4. The lowest BCUT2D eigenvalue weighted by atomic mass is 9.94. The van der Waals surface area contributed by atoms with Crippen LogP contribution in [0.1, 0.15) is 11.1 Å². The number of urea groups is 1. The van der Waals surface area contributed by atoms with Gasteiger partial charge in [0.1, 0.15) is 5.75 Å². The molecule has 0 bridgehead atoms. The van der Waals surface area contributed by atoms with Crippen molar-refractivity contribution in [1.82, 2.24) is 15.1 Å². The summed E-state index contributed by atoms with van der Waals surface area (Å²) in [4.78, 5) is 29.4. The quantitative estimate of drug-likeness (QED) is 0.372. The molecule has 2 saturated heterocycles. The molecular weight excluding hydrogens is 452 g/mol. The number of benzene rings is 2. The normalized spacial score (nSPS) is 16.9. The van der Waals surface area contributed by atoms with Crippen molar-refractivity contribution in [2.45, 2.75) is 6.92 Å². The average molecular weight is 481 g/mol. The van der Waals surface area contributed by atoms with Gasteiger partial charge in [-0.2, -0.15) is 0 Å². The van der Waals surface area contributed by atoms with Crippen LogP contribution in [0, 0.1) is 6.92 Å². The topological polar surface area (TPSA) is 76.1 Å². The summed E-state index contributed by atoms with van der Waals surface area (Å²) in [5.74, 6) is 0.0678. The first-order valence-corrected chi connectivity index (χ1v) is 11.7. The number of piperazine rings is 1. The number of phenolic OH excluding ortho intramolecular Hbond substituents is 1. The molecule has 2 aromatic carbocycles. The highest BCUT2D eigenvalue weighted by atomic mass is 35.5. The molecule has 2 aromatic rings. The fourth-order valence-corrected chi connectivity index (χ4v) is 4.67. The summed E-state index contributed by atoms with van der Waals surface area (Å²) in [6.45, 7) is 10.4. The maximum absolute atomic E-state index is 12.4. The van der Waals surface area contributed by atoms with Crippen LogP contribution in [0.4, 0.5) is 10.5 Å². The first-order valence-electron chi connectivity index (χ1n) is 11.3. The molecule has 34 heavy (non-hydrogen) atoms. The molecule has 4 rings (SSSR count). The highest BCUT2D eigenvalue weighted by molar-refractivity contribution is 6.34. The second-order valence-corrected chi connectivity index (χ2v) is 9.09. The van der Waals surface area contributed by atoms with Gasteiger partial charge in [-0.25, -0.2) is 4.79 Å². The fourth-order valence-electron chi connectivity index (χ4n) is 4.39. The van der Waals surface area contributed by atoms with E-state index in [1.807, 2.05) is 30.0 Å². The monoisotopic (exact) mass is 480 g/mol. The summed E-state index contributed by atoms with van der Waals surface area (Å²) in [6.07, 6.45) is 2.56. The van der Waals surface area contributed by atoms with Gasteiger partial charge in [0.15, 0.2) is 6.29 Å². The Labute approximate surface area is 204 Å². The molecule has 0 saturated carbocycles. The number of halogens is 1. The van der Waals surface area contributed by atoms with Crippen molar-refractivity contribution in [3.8, 4) is 16.9 Å². The minimum absolute atomic E-state index is 0.0678. The predicted octanol–water partition coefficient (Wildman–Crippen LogP) is 3.89. The van der Waals surface area contributed by atoms with Gasteiger partial charge in [0.25, 0.3) is 0 Å². The summed E-state index contributed by atoms with van der Waals surface area (Å²) in [5, 5.41) is 14.9. The molecule has 2 aliphatic heterocycles. The average Bonchev–Trinajstić information content (AvgIpc) is 3.17. The van der Waals surface area contributed by atoms with Crippen molar-refractivity contribution in [3.63, 3.8) is 0 Å². The van der Waals surface area contributed by atoms with E-state index >= 15 is 0 Å². The van der Waals surface area contributed by atoms with E-state index in [4.69, 9.17) is 11.6 Å². The number of hydrogen-bond acceptors (Lipinski definition) is 5. The molecule has 2 fully saturated rings. The van der Waals surface area contributed by atoms with Crippen LogP contribution < -0.4 is 10.2 Å². The summed E-state index contributed by atoms with van der Waals surface area (Å²) >= 11 is 6.57. The maximum atomic E-state index is 12.4. The Morgan fingerprint density at radius 1 is 1.15 bits per heavy atom. The van der Waals surface area contributed by atoms with Crippen molar-refractivity contribution < 1.29 is 14.7 Å². The van der Waals surface area contributed by atoms with Gasteiger partial charge < -0.3 is 20.2 Å². The van der Waals surface area contributed by atoms with Crippen LogP contribution in [-0.4, -0.2) is 73.5 Å². The number of allylic oxidation sites excluding steroid dienone is 3. The zero-order valence-electron chi connectivity index (χ0n) is 19.5. The van der Waals surface area contributed by atoms with E-state index in [0.717, 1.165) is 43.6 Å². The van der Waals surface area contributed by atoms with Gasteiger partial charge in [-0.3, -0.25) is 9.69 Å². The smallest absolute Gasteiger partial charge is 0.324 e. The van der Waals surface area contributed by atoms with Crippen LogP contribution in [0.2, 0.25) is 5.02 Å². The summed E-state index contributed by atoms with van der Waals surface area (Å²) in [5.41, 5.74) is 4.57. The molecule has 0 radical (unpaired) electrons. The number of nitrogens with zero attached hydrogens (tertiary/aromatic N) is 3.